The van der Waals surface area contributed by atoms with E-state index in [2.05, 4.69) is 0 Å². The SMILES string of the molecule is CCN(C(C)=O)C(C(=O)O)c1cccc(C(F)F)c1. The van der Waals surface area contributed by atoms with E-state index in [1.54, 1.807) is 6.92 Å². The molecular weight excluding hydrogens is 256 g/mol. The molecule has 0 heterocycles. The van der Waals surface area contributed by atoms with Crippen LogP contribution in [0.1, 0.15) is 37.4 Å². The second-order valence-electron chi connectivity index (χ2n) is 4.02. The molecule has 1 rings (SSSR count). The van der Waals surface area contributed by atoms with Crippen LogP contribution >= 0.6 is 0 Å². The number of amides is 1. The number of hydrogen-bond donors (Lipinski definition) is 1. The number of carbonyl (C=O) groups is 2. The Balaban J connectivity index is 3.23. The van der Waals surface area contributed by atoms with E-state index in [0.717, 1.165) is 11.0 Å². The third-order valence-electron chi connectivity index (χ3n) is 2.77. The molecule has 1 unspecified atom stereocenters. The highest BCUT2D eigenvalue weighted by atomic mass is 19.3. The minimum atomic E-state index is -2.68. The molecule has 4 nitrogen and oxygen atoms in total. The first-order valence-electron chi connectivity index (χ1n) is 5.76. The third-order valence-corrected chi connectivity index (χ3v) is 2.77. The number of likely N-dealkylation sites (N-methyl/N-ethyl adjacent to an activating group) is 1. The van der Waals surface area contributed by atoms with Crippen LogP contribution in [0.3, 0.4) is 0 Å². The maximum atomic E-state index is 12.6. The summed E-state index contributed by atoms with van der Waals surface area (Å²) in [5.41, 5.74) is -0.0919. The summed E-state index contributed by atoms with van der Waals surface area (Å²) in [6.07, 6.45) is -2.68. The number of carboxylic acids is 1. The van der Waals surface area contributed by atoms with Crippen LogP contribution in [-0.2, 0) is 9.59 Å². The Morgan fingerprint density at radius 1 is 1.32 bits per heavy atom. The molecule has 1 amide bonds. The predicted molar refractivity (Wildman–Crippen MR) is 64.8 cm³/mol. The normalized spacial score (nSPS) is 12.3. The molecular formula is C13H15F2NO3. The van der Waals surface area contributed by atoms with Crippen molar-refractivity contribution in [3.63, 3.8) is 0 Å². The van der Waals surface area contributed by atoms with Crippen molar-refractivity contribution in [3.05, 3.63) is 35.4 Å². The number of halogens is 2. The molecule has 0 aliphatic heterocycles. The van der Waals surface area contributed by atoms with Crippen LogP contribution < -0.4 is 0 Å². The van der Waals surface area contributed by atoms with Gasteiger partial charge in [-0.25, -0.2) is 13.6 Å². The van der Waals surface area contributed by atoms with Crippen LogP contribution in [0.5, 0.6) is 0 Å². The lowest BCUT2D eigenvalue weighted by Crippen LogP contribution is -2.37. The molecule has 0 aliphatic carbocycles. The lowest BCUT2D eigenvalue weighted by molar-refractivity contribution is -0.149. The lowest BCUT2D eigenvalue weighted by Gasteiger charge is -2.27. The number of rotatable bonds is 5. The van der Waals surface area contributed by atoms with Crippen LogP contribution in [0, 0.1) is 0 Å². The number of aliphatic carboxylic acids is 1. The molecule has 6 heteroatoms. The summed E-state index contributed by atoms with van der Waals surface area (Å²) in [6, 6.07) is 3.88. The van der Waals surface area contributed by atoms with E-state index < -0.39 is 24.3 Å². The van der Waals surface area contributed by atoms with Crippen molar-refractivity contribution in [2.24, 2.45) is 0 Å². The summed E-state index contributed by atoms with van der Waals surface area (Å²) in [4.78, 5) is 23.8. The first-order valence-corrected chi connectivity index (χ1v) is 5.76. The van der Waals surface area contributed by atoms with Crippen LogP contribution in [-0.4, -0.2) is 28.4 Å². The van der Waals surface area contributed by atoms with Gasteiger partial charge in [-0.05, 0) is 18.6 Å². The van der Waals surface area contributed by atoms with Crippen LogP contribution in [0.4, 0.5) is 8.78 Å². The van der Waals surface area contributed by atoms with Crippen LogP contribution in [0.25, 0.3) is 0 Å². The largest absolute Gasteiger partial charge is 0.479 e. The predicted octanol–water partition coefficient (Wildman–Crippen LogP) is 2.62. The first kappa shape index (κ1) is 15.1. The number of benzene rings is 1. The molecule has 1 aromatic rings. The van der Waals surface area contributed by atoms with Gasteiger partial charge in [-0.3, -0.25) is 4.79 Å². The molecule has 1 aromatic carbocycles. The molecule has 0 bridgehead atoms. The Kier molecular flexibility index (Phi) is 4.97. The summed E-state index contributed by atoms with van der Waals surface area (Å²) in [6.45, 7) is 3.07. The zero-order valence-corrected chi connectivity index (χ0v) is 10.6. The summed E-state index contributed by atoms with van der Waals surface area (Å²) in [5, 5.41) is 9.23. The van der Waals surface area contributed by atoms with Crippen LogP contribution in [0.2, 0.25) is 0 Å². The van der Waals surface area contributed by atoms with Crippen molar-refractivity contribution in [1.82, 2.24) is 4.90 Å². The Morgan fingerprint density at radius 3 is 2.32 bits per heavy atom. The van der Waals surface area contributed by atoms with E-state index in [0.29, 0.717) is 0 Å². The molecule has 0 aromatic heterocycles. The number of carbonyl (C=O) groups excluding carboxylic acids is 1. The second-order valence-corrected chi connectivity index (χ2v) is 4.02. The fourth-order valence-electron chi connectivity index (χ4n) is 1.91. The standard InChI is InChI=1S/C13H15F2NO3/c1-3-16(8(2)17)11(13(18)19)9-5-4-6-10(7-9)12(14)15/h4-7,11-12H,3H2,1-2H3,(H,18,19). The maximum Gasteiger partial charge on any atom is 0.331 e. The van der Waals surface area contributed by atoms with Gasteiger partial charge in [0, 0.05) is 19.0 Å². The van der Waals surface area contributed by atoms with Gasteiger partial charge >= 0.3 is 5.97 Å². The Morgan fingerprint density at radius 2 is 1.89 bits per heavy atom. The van der Waals surface area contributed by atoms with Crippen LogP contribution in [0.15, 0.2) is 24.3 Å². The molecule has 0 radical (unpaired) electrons. The smallest absolute Gasteiger partial charge is 0.331 e. The molecule has 104 valence electrons. The van der Waals surface area contributed by atoms with Crippen molar-refractivity contribution < 1.29 is 23.5 Å². The minimum absolute atomic E-state index is 0.169. The fourth-order valence-corrected chi connectivity index (χ4v) is 1.91. The third kappa shape index (κ3) is 3.49. The van der Waals surface area contributed by atoms with Crippen molar-refractivity contribution in [3.8, 4) is 0 Å². The van der Waals surface area contributed by atoms with Crippen molar-refractivity contribution in [2.75, 3.05) is 6.54 Å². The molecule has 0 saturated heterocycles. The van der Waals surface area contributed by atoms with Crippen molar-refractivity contribution >= 4 is 11.9 Å². The summed E-state index contributed by atoms with van der Waals surface area (Å²) in [7, 11) is 0. The van der Waals surface area contributed by atoms with Gasteiger partial charge in [-0.2, -0.15) is 0 Å². The van der Waals surface area contributed by atoms with Gasteiger partial charge in [0.1, 0.15) is 0 Å². The minimum Gasteiger partial charge on any atom is -0.479 e. The zero-order valence-electron chi connectivity index (χ0n) is 10.6. The van der Waals surface area contributed by atoms with Crippen molar-refractivity contribution in [1.29, 1.82) is 0 Å². The highest BCUT2D eigenvalue weighted by Gasteiger charge is 2.28. The number of carboxylic acid groups (broad SMARTS) is 1. The Hall–Kier alpha value is -1.98. The monoisotopic (exact) mass is 271 g/mol. The molecule has 0 spiro atoms. The highest BCUT2D eigenvalue weighted by molar-refractivity contribution is 5.83. The second kappa shape index (κ2) is 6.26. The van der Waals surface area contributed by atoms with Gasteiger partial charge in [0.2, 0.25) is 5.91 Å². The summed E-state index contributed by atoms with van der Waals surface area (Å²) < 4.78 is 25.3. The molecule has 1 N–H and O–H groups in total. The van der Waals surface area contributed by atoms with E-state index in [4.69, 9.17) is 0 Å². The van der Waals surface area contributed by atoms with Gasteiger partial charge in [-0.15, -0.1) is 0 Å². The molecule has 19 heavy (non-hydrogen) atoms. The zero-order chi connectivity index (χ0) is 14.6. The highest BCUT2D eigenvalue weighted by Crippen LogP contribution is 2.26. The van der Waals surface area contributed by atoms with Gasteiger partial charge < -0.3 is 10.0 Å². The van der Waals surface area contributed by atoms with E-state index in [1.807, 2.05) is 0 Å². The van der Waals surface area contributed by atoms with Crippen molar-refractivity contribution in [2.45, 2.75) is 26.3 Å². The molecule has 1 atom stereocenters. The van der Waals surface area contributed by atoms with Gasteiger partial charge in [0.25, 0.3) is 6.43 Å². The topological polar surface area (TPSA) is 57.6 Å². The fraction of sp³-hybridized carbons (Fsp3) is 0.385. The van der Waals surface area contributed by atoms with E-state index in [1.165, 1.54) is 25.1 Å². The maximum absolute atomic E-state index is 12.6. The number of alkyl halides is 2. The Bertz CT molecular complexity index is 477. The van der Waals surface area contributed by atoms with E-state index >= 15 is 0 Å². The average Bonchev–Trinajstić information content (AvgIpc) is 2.34. The van der Waals surface area contributed by atoms with Gasteiger partial charge in [0.05, 0.1) is 0 Å². The average molecular weight is 271 g/mol. The first-order chi connectivity index (χ1) is 8.88. The number of nitrogens with zero attached hydrogens (tertiary/aromatic N) is 1. The lowest BCUT2D eigenvalue weighted by atomic mass is 10.0. The van der Waals surface area contributed by atoms with E-state index in [9.17, 15) is 23.5 Å². The summed E-state index contributed by atoms with van der Waals surface area (Å²) >= 11 is 0. The van der Waals surface area contributed by atoms with Gasteiger partial charge in [0.15, 0.2) is 6.04 Å². The molecule has 0 saturated carbocycles. The quantitative estimate of drug-likeness (QED) is 0.895. The summed E-state index contributed by atoms with van der Waals surface area (Å²) in [5.74, 6) is -1.67. The molecule has 0 fully saturated rings. The van der Waals surface area contributed by atoms with E-state index in [-0.39, 0.29) is 17.7 Å². The molecule has 0 aliphatic rings. The van der Waals surface area contributed by atoms with Gasteiger partial charge in [-0.1, -0.05) is 18.2 Å². The Labute approximate surface area is 109 Å². The number of hydrogen-bond acceptors (Lipinski definition) is 2.